The molecule has 0 bridgehead atoms. The van der Waals surface area contributed by atoms with Gasteiger partial charge in [-0.15, -0.1) is 0 Å². The molecule has 0 saturated carbocycles. The predicted molar refractivity (Wildman–Crippen MR) is 121 cm³/mol. The number of aromatic nitrogens is 3. The van der Waals surface area contributed by atoms with Crippen LogP contribution in [0.25, 0.3) is 0 Å². The Labute approximate surface area is 189 Å². The minimum atomic E-state index is -0.536. The molecule has 2 heterocycles. The molecular formula is C23H23BrN4O3. The number of ether oxygens (including phenoxy) is 2. The van der Waals surface area contributed by atoms with Crippen molar-refractivity contribution in [2.75, 3.05) is 11.9 Å². The van der Waals surface area contributed by atoms with Gasteiger partial charge in [-0.1, -0.05) is 53.2 Å². The fraction of sp³-hybridized carbons (Fsp3) is 0.261. The number of hydrogen-bond donors (Lipinski definition) is 1. The molecule has 4 rings (SSSR count). The van der Waals surface area contributed by atoms with Crippen LogP contribution < -0.4 is 10.1 Å². The molecular weight excluding hydrogens is 460 g/mol. The lowest BCUT2D eigenvalue weighted by Crippen LogP contribution is -2.30. The first kappa shape index (κ1) is 21.1. The van der Waals surface area contributed by atoms with Crippen molar-refractivity contribution in [3.05, 3.63) is 81.7 Å². The number of nitrogens with one attached hydrogen (secondary N) is 1. The number of carbonyl (C=O) groups is 1. The SMILES string of the molecule is CCCOc1ccc(Br)cc1C1C(C(=O)OCc2ccccc2)=C(C)Nc2ncnn21. The normalized spacial score (nSPS) is 15.3. The molecule has 7 nitrogen and oxygen atoms in total. The number of fused-ring (bicyclic) bond motifs is 1. The van der Waals surface area contributed by atoms with Gasteiger partial charge in [-0.2, -0.15) is 10.1 Å². The number of halogens is 1. The molecule has 1 unspecified atom stereocenters. The van der Waals surface area contributed by atoms with Crippen LogP contribution in [0.1, 0.15) is 37.4 Å². The molecule has 0 radical (unpaired) electrons. The van der Waals surface area contributed by atoms with E-state index in [1.165, 1.54) is 6.33 Å². The summed E-state index contributed by atoms with van der Waals surface area (Å²) in [6, 6.07) is 14.8. The Balaban J connectivity index is 1.73. The van der Waals surface area contributed by atoms with Crippen molar-refractivity contribution in [3.8, 4) is 5.75 Å². The second-order valence-electron chi connectivity index (χ2n) is 7.19. The highest BCUT2D eigenvalue weighted by Gasteiger charge is 2.36. The molecule has 160 valence electrons. The Hall–Kier alpha value is -3.13. The summed E-state index contributed by atoms with van der Waals surface area (Å²) >= 11 is 3.55. The van der Waals surface area contributed by atoms with E-state index in [1.807, 2.05) is 55.5 Å². The number of esters is 1. The summed E-state index contributed by atoms with van der Waals surface area (Å²) in [5.74, 6) is 0.838. The molecule has 0 saturated heterocycles. The standard InChI is InChI=1S/C23H23BrN4O3/c1-3-11-30-19-10-9-17(24)12-18(19)21-20(15(2)27-23-25-14-26-28(21)23)22(29)31-13-16-7-5-4-6-8-16/h4-10,12,14,21H,3,11,13H2,1-2H3,(H,25,26,27). The van der Waals surface area contributed by atoms with Crippen molar-refractivity contribution in [2.24, 2.45) is 0 Å². The van der Waals surface area contributed by atoms with Gasteiger partial charge in [-0.05, 0) is 37.1 Å². The molecule has 31 heavy (non-hydrogen) atoms. The van der Waals surface area contributed by atoms with Crippen LogP contribution in [0.4, 0.5) is 5.95 Å². The van der Waals surface area contributed by atoms with E-state index < -0.39 is 12.0 Å². The van der Waals surface area contributed by atoms with Crippen molar-refractivity contribution in [1.82, 2.24) is 14.8 Å². The summed E-state index contributed by atoms with van der Waals surface area (Å²) in [4.78, 5) is 17.6. The molecule has 0 aliphatic carbocycles. The summed E-state index contributed by atoms with van der Waals surface area (Å²) in [6.45, 7) is 4.65. The van der Waals surface area contributed by atoms with Gasteiger partial charge in [0.2, 0.25) is 5.95 Å². The summed E-state index contributed by atoms with van der Waals surface area (Å²) in [5, 5.41) is 7.54. The number of allylic oxidation sites excluding steroid dienone is 1. The maximum Gasteiger partial charge on any atom is 0.338 e. The van der Waals surface area contributed by atoms with Crippen molar-refractivity contribution >= 4 is 27.8 Å². The van der Waals surface area contributed by atoms with Gasteiger partial charge in [0.1, 0.15) is 24.7 Å². The monoisotopic (exact) mass is 482 g/mol. The summed E-state index contributed by atoms with van der Waals surface area (Å²) < 4.78 is 14.2. The van der Waals surface area contributed by atoms with E-state index in [0.29, 0.717) is 29.6 Å². The van der Waals surface area contributed by atoms with E-state index in [9.17, 15) is 4.79 Å². The van der Waals surface area contributed by atoms with E-state index in [0.717, 1.165) is 22.0 Å². The Bertz CT molecular complexity index is 1110. The van der Waals surface area contributed by atoms with Gasteiger partial charge in [0.25, 0.3) is 0 Å². The second kappa shape index (κ2) is 9.34. The zero-order valence-electron chi connectivity index (χ0n) is 17.3. The molecule has 0 amide bonds. The van der Waals surface area contributed by atoms with Gasteiger partial charge in [-0.3, -0.25) is 0 Å². The molecule has 0 fully saturated rings. The van der Waals surface area contributed by atoms with Crippen molar-refractivity contribution in [3.63, 3.8) is 0 Å². The fourth-order valence-corrected chi connectivity index (χ4v) is 3.90. The minimum Gasteiger partial charge on any atom is -0.493 e. The van der Waals surface area contributed by atoms with E-state index >= 15 is 0 Å². The maximum atomic E-state index is 13.3. The predicted octanol–water partition coefficient (Wildman–Crippen LogP) is 4.86. The van der Waals surface area contributed by atoms with Crippen LogP contribution in [0.3, 0.4) is 0 Å². The third kappa shape index (κ3) is 4.49. The van der Waals surface area contributed by atoms with Gasteiger partial charge >= 0.3 is 5.97 Å². The van der Waals surface area contributed by atoms with Crippen LogP contribution in [-0.2, 0) is 16.1 Å². The first-order valence-corrected chi connectivity index (χ1v) is 10.9. The Morgan fingerprint density at radius 3 is 2.81 bits per heavy atom. The van der Waals surface area contributed by atoms with Gasteiger partial charge in [0.05, 0.1) is 12.2 Å². The average Bonchev–Trinajstić information content (AvgIpc) is 3.24. The Morgan fingerprint density at radius 1 is 1.23 bits per heavy atom. The summed E-state index contributed by atoms with van der Waals surface area (Å²) in [5.41, 5.74) is 2.87. The molecule has 8 heteroatoms. The Morgan fingerprint density at radius 2 is 2.03 bits per heavy atom. The van der Waals surface area contributed by atoms with E-state index in [1.54, 1.807) is 4.68 Å². The molecule has 3 aromatic rings. The van der Waals surface area contributed by atoms with Crippen LogP contribution in [0, 0.1) is 0 Å². The average molecular weight is 483 g/mol. The summed E-state index contributed by atoms with van der Waals surface area (Å²) in [6.07, 6.45) is 2.34. The zero-order chi connectivity index (χ0) is 21.8. The number of benzene rings is 2. The van der Waals surface area contributed by atoms with Crippen molar-refractivity contribution in [1.29, 1.82) is 0 Å². The van der Waals surface area contributed by atoms with E-state index in [-0.39, 0.29) is 6.61 Å². The molecule has 2 aromatic carbocycles. The van der Waals surface area contributed by atoms with E-state index in [4.69, 9.17) is 9.47 Å². The van der Waals surface area contributed by atoms with Crippen LogP contribution in [-0.4, -0.2) is 27.3 Å². The number of hydrogen-bond acceptors (Lipinski definition) is 6. The quantitative estimate of drug-likeness (QED) is 0.484. The van der Waals surface area contributed by atoms with Crippen LogP contribution >= 0.6 is 15.9 Å². The van der Waals surface area contributed by atoms with Gasteiger partial charge in [0, 0.05) is 15.7 Å². The number of nitrogens with zero attached hydrogens (tertiary/aromatic N) is 3. The van der Waals surface area contributed by atoms with E-state index in [2.05, 4.69) is 38.3 Å². The highest BCUT2D eigenvalue weighted by molar-refractivity contribution is 9.10. The molecule has 1 aromatic heterocycles. The summed E-state index contributed by atoms with van der Waals surface area (Å²) in [7, 11) is 0. The largest absolute Gasteiger partial charge is 0.493 e. The highest BCUT2D eigenvalue weighted by atomic mass is 79.9. The topological polar surface area (TPSA) is 78.3 Å². The smallest absolute Gasteiger partial charge is 0.338 e. The lowest BCUT2D eigenvalue weighted by atomic mass is 9.95. The maximum absolute atomic E-state index is 13.3. The molecule has 1 aliphatic rings. The number of rotatable bonds is 7. The zero-order valence-corrected chi connectivity index (χ0v) is 18.9. The second-order valence-corrected chi connectivity index (χ2v) is 8.10. The first-order valence-electron chi connectivity index (χ1n) is 10.1. The first-order chi connectivity index (χ1) is 15.1. The third-order valence-corrected chi connectivity index (χ3v) is 5.45. The van der Waals surface area contributed by atoms with Crippen molar-refractivity contribution < 1.29 is 14.3 Å². The number of anilines is 1. The lowest BCUT2D eigenvalue weighted by molar-refractivity contribution is -0.140. The van der Waals surface area contributed by atoms with Crippen LogP contribution in [0.5, 0.6) is 5.75 Å². The minimum absolute atomic E-state index is 0.186. The molecule has 0 spiro atoms. The van der Waals surface area contributed by atoms with Crippen molar-refractivity contribution in [2.45, 2.75) is 32.9 Å². The third-order valence-electron chi connectivity index (χ3n) is 4.96. The molecule has 1 N–H and O–H groups in total. The van der Waals surface area contributed by atoms with Gasteiger partial charge in [0.15, 0.2) is 0 Å². The number of carbonyl (C=O) groups excluding carboxylic acids is 1. The highest BCUT2D eigenvalue weighted by Crippen LogP contribution is 2.40. The molecule has 1 atom stereocenters. The molecule has 1 aliphatic heterocycles. The van der Waals surface area contributed by atoms with Crippen LogP contribution in [0.15, 0.2) is 70.6 Å². The Kier molecular flexibility index (Phi) is 6.36. The van der Waals surface area contributed by atoms with Crippen LogP contribution in [0.2, 0.25) is 0 Å². The lowest BCUT2D eigenvalue weighted by Gasteiger charge is -2.29. The van der Waals surface area contributed by atoms with Gasteiger partial charge < -0.3 is 14.8 Å². The fourth-order valence-electron chi connectivity index (χ4n) is 3.52. The van der Waals surface area contributed by atoms with Gasteiger partial charge in [-0.25, -0.2) is 9.48 Å².